The predicted octanol–water partition coefficient (Wildman–Crippen LogP) is 3.94. The first kappa shape index (κ1) is 21.0. The molecule has 1 aromatic carbocycles. The summed E-state index contributed by atoms with van der Waals surface area (Å²) < 4.78 is 15.8. The van der Waals surface area contributed by atoms with Crippen LogP contribution in [0.15, 0.2) is 55.0 Å². The molecule has 0 spiro atoms. The molecule has 0 fully saturated rings. The number of pyridine rings is 1. The molecule has 5 rings (SSSR count). The lowest BCUT2D eigenvalue weighted by atomic mass is 10.1. The highest BCUT2D eigenvalue weighted by atomic mass is 35.5. The molecule has 8 nitrogen and oxygen atoms in total. The van der Waals surface area contributed by atoms with Crippen LogP contribution in [0.4, 0.5) is 22.0 Å². The van der Waals surface area contributed by atoms with Crippen LogP contribution in [0.3, 0.4) is 0 Å². The van der Waals surface area contributed by atoms with E-state index in [1.807, 2.05) is 19.2 Å². The van der Waals surface area contributed by atoms with Gasteiger partial charge in [-0.3, -0.25) is 14.4 Å². The lowest BCUT2D eigenvalue weighted by Gasteiger charge is -2.17. The van der Waals surface area contributed by atoms with Gasteiger partial charge in [-0.2, -0.15) is 5.10 Å². The summed E-state index contributed by atoms with van der Waals surface area (Å²) in [5.74, 6) is 1.06. The number of fused-ring (bicyclic) bond motifs is 1. The molecule has 0 saturated carbocycles. The maximum atomic E-state index is 14.1. The van der Waals surface area contributed by atoms with Crippen LogP contribution in [-0.4, -0.2) is 37.2 Å². The van der Waals surface area contributed by atoms with Gasteiger partial charge in [-0.15, -0.1) is 0 Å². The largest absolute Gasteiger partial charge is 0.309 e. The standard InChI is InChI=1S/C23H19ClFN7O/c1-31-20(6-9-28-31)30-23-26-8-5-19(29-23)15-11-14-7-10-32(22(14)27-13-15)21(33)12-16-17(24)3-2-4-18(16)25/h2-6,8-9,11,13H,7,10,12H2,1H3,(H,26,29,30). The van der Waals surface area contributed by atoms with Crippen LogP contribution in [0.2, 0.25) is 5.02 Å². The highest BCUT2D eigenvalue weighted by Crippen LogP contribution is 2.31. The van der Waals surface area contributed by atoms with Gasteiger partial charge in [-0.1, -0.05) is 17.7 Å². The summed E-state index contributed by atoms with van der Waals surface area (Å²) in [4.78, 5) is 27.8. The first-order valence-corrected chi connectivity index (χ1v) is 10.7. The van der Waals surface area contributed by atoms with Gasteiger partial charge < -0.3 is 5.32 Å². The Balaban J connectivity index is 1.36. The molecule has 0 radical (unpaired) electrons. The normalized spacial score (nSPS) is 12.6. The van der Waals surface area contributed by atoms with Crippen LogP contribution in [-0.2, 0) is 24.7 Å². The number of nitrogens with zero attached hydrogens (tertiary/aromatic N) is 6. The SMILES string of the molecule is Cn1nccc1Nc1nccc(-c2cnc3c(c2)CCN3C(=O)Cc2c(F)cccc2Cl)n1. The molecule has 33 heavy (non-hydrogen) atoms. The number of aromatic nitrogens is 5. The average Bonchev–Trinajstić information content (AvgIpc) is 3.42. The number of hydrogen-bond acceptors (Lipinski definition) is 6. The van der Waals surface area contributed by atoms with E-state index in [9.17, 15) is 9.18 Å². The van der Waals surface area contributed by atoms with Crippen LogP contribution in [0.5, 0.6) is 0 Å². The first-order chi connectivity index (χ1) is 16.0. The third-order valence-electron chi connectivity index (χ3n) is 5.51. The average molecular weight is 464 g/mol. The quantitative estimate of drug-likeness (QED) is 0.482. The topological polar surface area (TPSA) is 88.8 Å². The van der Waals surface area contributed by atoms with Gasteiger partial charge in [0.1, 0.15) is 17.5 Å². The molecule has 1 aliphatic rings. The Bertz CT molecular complexity index is 1340. The van der Waals surface area contributed by atoms with Gasteiger partial charge in [-0.25, -0.2) is 19.3 Å². The van der Waals surface area contributed by atoms with Crippen molar-refractivity contribution in [2.45, 2.75) is 12.8 Å². The van der Waals surface area contributed by atoms with Crippen LogP contribution in [0.1, 0.15) is 11.1 Å². The highest BCUT2D eigenvalue weighted by molar-refractivity contribution is 6.31. The molecule has 0 atom stereocenters. The Morgan fingerprint density at radius 2 is 2.09 bits per heavy atom. The second-order valence-electron chi connectivity index (χ2n) is 7.61. The van der Waals surface area contributed by atoms with E-state index >= 15 is 0 Å². The number of benzene rings is 1. The number of carbonyl (C=O) groups excluding carboxylic acids is 1. The molecule has 0 bridgehead atoms. The third-order valence-corrected chi connectivity index (χ3v) is 5.86. The Morgan fingerprint density at radius 3 is 2.88 bits per heavy atom. The van der Waals surface area contributed by atoms with E-state index in [1.165, 1.54) is 12.1 Å². The summed E-state index contributed by atoms with van der Waals surface area (Å²) >= 11 is 6.09. The smallest absolute Gasteiger partial charge is 0.232 e. The van der Waals surface area contributed by atoms with Crippen molar-refractivity contribution in [3.8, 4) is 11.3 Å². The van der Waals surface area contributed by atoms with Crippen molar-refractivity contribution >= 4 is 35.1 Å². The second kappa shape index (κ2) is 8.59. The highest BCUT2D eigenvalue weighted by Gasteiger charge is 2.27. The summed E-state index contributed by atoms with van der Waals surface area (Å²) in [6.45, 7) is 0.480. The van der Waals surface area contributed by atoms with E-state index in [-0.39, 0.29) is 22.9 Å². The van der Waals surface area contributed by atoms with E-state index in [2.05, 4.69) is 25.4 Å². The second-order valence-corrected chi connectivity index (χ2v) is 8.02. The van der Waals surface area contributed by atoms with Crippen LogP contribution < -0.4 is 10.2 Å². The van der Waals surface area contributed by atoms with Crippen molar-refractivity contribution in [1.29, 1.82) is 0 Å². The minimum atomic E-state index is -0.488. The van der Waals surface area contributed by atoms with Gasteiger partial charge in [0.2, 0.25) is 11.9 Å². The Morgan fingerprint density at radius 1 is 1.21 bits per heavy atom. The molecular weight excluding hydrogens is 445 g/mol. The fourth-order valence-electron chi connectivity index (χ4n) is 3.79. The van der Waals surface area contributed by atoms with Gasteiger partial charge in [0, 0.05) is 48.2 Å². The zero-order valence-electron chi connectivity index (χ0n) is 17.7. The molecule has 1 aliphatic heterocycles. The number of amides is 1. The van der Waals surface area contributed by atoms with Gasteiger partial charge in [0.05, 0.1) is 18.3 Å². The minimum absolute atomic E-state index is 0.122. The number of hydrogen-bond donors (Lipinski definition) is 1. The summed E-state index contributed by atoms with van der Waals surface area (Å²) in [5.41, 5.74) is 2.65. The summed E-state index contributed by atoms with van der Waals surface area (Å²) in [6, 6.07) is 10.0. The third kappa shape index (κ3) is 4.14. The van der Waals surface area contributed by atoms with Crippen molar-refractivity contribution in [1.82, 2.24) is 24.7 Å². The van der Waals surface area contributed by atoms with E-state index < -0.39 is 5.82 Å². The molecular formula is C23H19ClFN7O. The van der Waals surface area contributed by atoms with Gasteiger partial charge >= 0.3 is 0 Å². The molecule has 0 saturated heterocycles. The number of rotatable bonds is 5. The summed E-state index contributed by atoms with van der Waals surface area (Å²) in [5, 5.41) is 7.49. The molecule has 166 valence electrons. The Hall–Kier alpha value is -3.85. The number of aryl methyl sites for hydroxylation is 1. The molecule has 1 amide bonds. The van der Waals surface area contributed by atoms with Gasteiger partial charge in [-0.05, 0) is 36.2 Å². The fourth-order valence-corrected chi connectivity index (χ4v) is 4.02. The fraction of sp³-hybridized carbons (Fsp3) is 0.174. The summed E-state index contributed by atoms with van der Waals surface area (Å²) in [7, 11) is 1.82. The Labute approximate surface area is 194 Å². The molecule has 0 unspecified atom stereocenters. The maximum absolute atomic E-state index is 14.1. The van der Waals surface area contributed by atoms with E-state index in [0.29, 0.717) is 30.4 Å². The lowest BCUT2D eigenvalue weighted by Crippen LogP contribution is -2.31. The van der Waals surface area contributed by atoms with Gasteiger partial charge in [0.25, 0.3) is 0 Å². The number of carbonyl (C=O) groups is 1. The molecule has 4 heterocycles. The summed E-state index contributed by atoms with van der Waals surface area (Å²) in [6.07, 6.45) is 5.56. The van der Waals surface area contributed by atoms with E-state index in [4.69, 9.17) is 11.6 Å². The molecule has 4 aromatic rings. The number of nitrogens with one attached hydrogen (secondary N) is 1. The minimum Gasteiger partial charge on any atom is -0.309 e. The lowest BCUT2D eigenvalue weighted by molar-refractivity contribution is -0.118. The van der Waals surface area contributed by atoms with Crippen LogP contribution >= 0.6 is 11.6 Å². The van der Waals surface area contributed by atoms with Crippen molar-refractivity contribution in [2.75, 3.05) is 16.8 Å². The molecule has 0 aliphatic carbocycles. The van der Waals surface area contributed by atoms with Crippen LogP contribution in [0, 0.1) is 5.82 Å². The van der Waals surface area contributed by atoms with Crippen LogP contribution in [0.25, 0.3) is 11.3 Å². The predicted molar refractivity (Wildman–Crippen MR) is 123 cm³/mol. The molecule has 1 N–H and O–H groups in total. The molecule has 3 aromatic heterocycles. The number of anilines is 3. The van der Waals surface area contributed by atoms with Crippen molar-refractivity contribution in [2.24, 2.45) is 7.05 Å². The van der Waals surface area contributed by atoms with E-state index in [1.54, 1.807) is 40.3 Å². The Kier molecular flexibility index (Phi) is 5.47. The van der Waals surface area contributed by atoms with Crippen molar-refractivity contribution < 1.29 is 9.18 Å². The van der Waals surface area contributed by atoms with Crippen molar-refractivity contribution in [3.63, 3.8) is 0 Å². The molecule has 10 heteroatoms. The zero-order valence-corrected chi connectivity index (χ0v) is 18.4. The maximum Gasteiger partial charge on any atom is 0.232 e. The van der Waals surface area contributed by atoms with E-state index in [0.717, 1.165) is 16.9 Å². The zero-order chi connectivity index (χ0) is 22.9. The first-order valence-electron chi connectivity index (χ1n) is 10.3. The number of halogens is 2. The monoisotopic (exact) mass is 463 g/mol. The van der Waals surface area contributed by atoms with Gasteiger partial charge in [0.15, 0.2) is 0 Å². The van der Waals surface area contributed by atoms with Crippen molar-refractivity contribution in [3.05, 3.63) is 77.0 Å².